The van der Waals surface area contributed by atoms with Crippen LogP contribution in [0.25, 0.3) is 0 Å². The van der Waals surface area contributed by atoms with Crippen molar-refractivity contribution in [3.8, 4) is 0 Å². The third-order valence-corrected chi connectivity index (χ3v) is 4.61. The number of nitrogens with zero attached hydrogens (tertiary/aromatic N) is 2. The summed E-state index contributed by atoms with van der Waals surface area (Å²) in [5.41, 5.74) is 2.20. The zero-order valence-electron chi connectivity index (χ0n) is 11.4. The molecule has 0 aromatic carbocycles. The van der Waals surface area contributed by atoms with E-state index in [1.807, 2.05) is 0 Å². The van der Waals surface area contributed by atoms with Crippen LogP contribution in [0, 0.1) is 5.92 Å². The van der Waals surface area contributed by atoms with Crippen LogP contribution in [0.5, 0.6) is 0 Å². The van der Waals surface area contributed by atoms with E-state index >= 15 is 0 Å². The molecule has 0 aromatic rings. The van der Waals surface area contributed by atoms with E-state index in [4.69, 9.17) is 28.2 Å². The minimum atomic E-state index is 0.346. The molecule has 3 aliphatic heterocycles. The van der Waals surface area contributed by atoms with Crippen LogP contribution in [-0.4, -0.2) is 30.0 Å². The van der Waals surface area contributed by atoms with Crippen LogP contribution in [0.3, 0.4) is 0 Å². The summed E-state index contributed by atoms with van der Waals surface area (Å²) >= 11 is 12.2. The van der Waals surface area contributed by atoms with Gasteiger partial charge in [0.05, 0.1) is 5.71 Å². The van der Waals surface area contributed by atoms with Crippen molar-refractivity contribution in [1.29, 1.82) is 0 Å². The molecule has 0 aliphatic carbocycles. The number of rotatable bonds is 1. The van der Waals surface area contributed by atoms with Crippen molar-refractivity contribution in [3.05, 3.63) is 22.9 Å². The summed E-state index contributed by atoms with van der Waals surface area (Å²) in [6, 6.07) is 0.385. The van der Waals surface area contributed by atoms with Gasteiger partial charge in [0, 0.05) is 29.2 Å². The fraction of sp³-hybridized carbons (Fsp3) is 0.600. The first-order chi connectivity index (χ1) is 9.72. The van der Waals surface area contributed by atoms with Crippen molar-refractivity contribution in [2.75, 3.05) is 13.1 Å². The highest BCUT2D eigenvalue weighted by Crippen LogP contribution is 2.29. The van der Waals surface area contributed by atoms with Gasteiger partial charge in [-0.05, 0) is 44.4 Å². The summed E-state index contributed by atoms with van der Waals surface area (Å²) in [6.45, 7) is 1.88. The fourth-order valence-electron chi connectivity index (χ4n) is 2.97. The summed E-state index contributed by atoms with van der Waals surface area (Å²) < 4.78 is 0. The van der Waals surface area contributed by atoms with E-state index in [0.29, 0.717) is 17.1 Å². The van der Waals surface area contributed by atoms with Crippen molar-refractivity contribution in [1.82, 2.24) is 5.32 Å². The van der Waals surface area contributed by atoms with E-state index in [1.54, 1.807) is 6.08 Å². The molecule has 3 nitrogen and oxygen atoms in total. The van der Waals surface area contributed by atoms with Crippen molar-refractivity contribution < 1.29 is 0 Å². The highest BCUT2D eigenvalue weighted by Gasteiger charge is 2.25. The van der Waals surface area contributed by atoms with Gasteiger partial charge in [0.1, 0.15) is 5.17 Å². The number of fused-ring (bicyclic) bond motifs is 1. The lowest BCUT2D eigenvalue weighted by molar-refractivity contribution is 0.467. The number of nitrogens with one attached hydrogen (secondary N) is 1. The Hall–Kier alpha value is -0.640. The number of aliphatic imine (C=N–C) groups is 2. The molecule has 0 aromatic heterocycles. The van der Waals surface area contributed by atoms with Gasteiger partial charge in [-0.2, -0.15) is 0 Å². The number of allylic oxidation sites excluding steroid dienone is 2. The van der Waals surface area contributed by atoms with Gasteiger partial charge in [-0.25, -0.2) is 4.99 Å². The van der Waals surface area contributed by atoms with Crippen molar-refractivity contribution >= 4 is 34.1 Å². The Morgan fingerprint density at radius 1 is 1.15 bits per heavy atom. The minimum Gasteiger partial charge on any atom is -0.309 e. The van der Waals surface area contributed by atoms with E-state index in [-0.39, 0.29) is 0 Å². The largest absolute Gasteiger partial charge is 0.309 e. The Kier molecular flexibility index (Phi) is 4.59. The molecule has 0 radical (unpaired) electrons. The number of hydrogen-bond donors (Lipinski definition) is 1. The average Bonchev–Trinajstić information content (AvgIpc) is 2.45. The number of piperidine rings is 1. The monoisotopic (exact) mass is 311 g/mol. The Morgan fingerprint density at radius 3 is 2.85 bits per heavy atom. The van der Waals surface area contributed by atoms with Crippen LogP contribution in [0.15, 0.2) is 32.9 Å². The van der Waals surface area contributed by atoms with Gasteiger partial charge < -0.3 is 5.32 Å². The smallest absolute Gasteiger partial charge is 0.130 e. The van der Waals surface area contributed by atoms with Gasteiger partial charge >= 0.3 is 0 Å². The Balaban J connectivity index is 1.83. The zero-order valence-corrected chi connectivity index (χ0v) is 12.9. The van der Waals surface area contributed by atoms with Gasteiger partial charge in [0.25, 0.3) is 0 Å². The Morgan fingerprint density at radius 2 is 2.05 bits per heavy atom. The molecule has 0 bridgehead atoms. The van der Waals surface area contributed by atoms with Crippen LogP contribution >= 0.6 is 23.2 Å². The maximum absolute atomic E-state index is 6.13. The van der Waals surface area contributed by atoms with Gasteiger partial charge in [0.15, 0.2) is 0 Å². The summed E-state index contributed by atoms with van der Waals surface area (Å²) in [5, 5.41) is 4.80. The second-order valence-electron chi connectivity index (χ2n) is 5.60. The third-order valence-electron chi connectivity index (χ3n) is 4.12. The Bertz CT molecular complexity index is 499. The Labute approximate surface area is 129 Å². The quantitative estimate of drug-likeness (QED) is 0.788. The van der Waals surface area contributed by atoms with Crippen molar-refractivity contribution in [2.24, 2.45) is 15.9 Å². The summed E-state index contributed by atoms with van der Waals surface area (Å²) in [5.74, 6) is 0.346. The first kappa shape index (κ1) is 14.3. The van der Waals surface area contributed by atoms with Crippen LogP contribution in [0.4, 0.5) is 0 Å². The molecule has 1 fully saturated rings. The molecule has 108 valence electrons. The summed E-state index contributed by atoms with van der Waals surface area (Å²) in [6.07, 6.45) is 9.42. The van der Waals surface area contributed by atoms with Gasteiger partial charge in [-0.1, -0.05) is 29.6 Å². The highest BCUT2D eigenvalue weighted by molar-refractivity contribution is 6.69. The van der Waals surface area contributed by atoms with E-state index < -0.39 is 0 Å². The molecule has 0 amide bonds. The fourth-order valence-corrected chi connectivity index (χ4v) is 3.47. The summed E-state index contributed by atoms with van der Waals surface area (Å²) in [4.78, 5) is 9.29. The van der Waals surface area contributed by atoms with Crippen LogP contribution in [0.2, 0.25) is 0 Å². The molecule has 1 unspecified atom stereocenters. The molecule has 0 saturated carbocycles. The standard InChI is InChI=1S/C15H19Cl2N3/c16-11-5-4-10-9-19-14(12-3-1-2-6-18-12)8-13(10)20-15(17)7-11/h7-8,10,12,18H,1-6,9H2/t10?,12-/m0/s1. The molecule has 0 spiro atoms. The maximum atomic E-state index is 6.13. The molecule has 2 atom stereocenters. The predicted octanol–water partition coefficient (Wildman–Crippen LogP) is 3.64. The molecule has 5 heteroatoms. The van der Waals surface area contributed by atoms with E-state index in [9.17, 15) is 0 Å². The SMILES string of the molecule is ClC1=CC(Cl)=NC2=CC([C@@H]3CCCCN3)=NCC2CC1. The number of halogens is 2. The minimum absolute atomic E-state index is 0.346. The van der Waals surface area contributed by atoms with Crippen LogP contribution in [0.1, 0.15) is 32.1 Å². The molecule has 3 heterocycles. The van der Waals surface area contributed by atoms with Gasteiger partial charge in [0.2, 0.25) is 0 Å². The lowest BCUT2D eigenvalue weighted by Crippen LogP contribution is -2.41. The van der Waals surface area contributed by atoms with E-state index in [2.05, 4.69) is 16.4 Å². The molecular formula is C15H19Cl2N3. The van der Waals surface area contributed by atoms with E-state index in [1.165, 1.54) is 12.8 Å². The van der Waals surface area contributed by atoms with Crippen molar-refractivity contribution in [2.45, 2.75) is 38.1 Å². The molecule has 1 N–H and O–H groups in total. The number of hydrogen-bond acceptors (Lipinski definition) is 3. The van der Waals surface area contributed by atoms with E-state index in [0.717, 1.165) is 48.8 Å². The molecular weight excluding hydrogens is 293 g/mol. The molecule has 20 heavy (non-hydrogen) atoms. The molecule has 3 rings (SSSR count). The first-order valence-corrected chi connectivity index (χ1v) is 8.07. The maximum Gasteiger partial charge on any atom is 0.130 e. The average molecular weight is 312 g/mol. The topological polar surface area (TPSA) is 36.8 Å². The highest BCUT2D eigenvalue weighted by atomic mass is 35.5. The third kappa shape index (κ3) is 3.33. The normalized spacial score (nSPS) is 31.1. The molecule has 3 aliphatic rings. The summed E-state index contributed by atoms with van der Waals surface area (Å²) in [7, 11) is 0. The van der Waals surface area contributed by atoms with Gasteiger partial charge in [-0.15, -0.1) is 0 Å². The lowest BCUT2D eigenvalue weighted by atomic mass is 9.91. The number of dihydropyridines is 1. The van der Waals surface area contributed by atoms with Crippen molar-refractivity contribution in [3.63, 3.8) is 0 Å². The van der Waals surface area contributed by atoms with Crippen LogP contribution < -0.4 is 5.32 Å². The zero-order chi connectivity index (χ0) is 13.9. The molecule has 1 saturated heterocycles. The first-order valence-electron chi connectivity index (χ1n) is 7.32. The second-order valence-corrected chi connectivity index (χ2v) is 6.47. The predicted molar refractivity (Wildman–Crippen MR) is 86.0 cm³/mol. The second kappa shape index (κ2) is 6.42. The van der Waals surface area contributed by atoms with Gasteiger partial charge in [-0.3, -0.25) is 4.99 Å². The van der Waals surface area contributed by atoms with Crippen LogP contribution in [-0.2, 0) is 0 Å². The lowest BCUT2D eigenvalue weighted by Gasteiger charge is -2.28.